The minimum Gasteiger partial charge on any atom is -0.426 e. The highest BCUT2D eigenvalue weighted by molar-refractivity contribution is 7.54. The third-order valence-electron chi connectivity index (χ3n) is 2.37. The van der Waals surface area contributed by atoms with Crippen LogP contribution in [0.3, 0.4) is 0 Å². The van der Waals surface area contributed by atoms with Gasteiger partial charge in [-0.05, 0) is 32.0 Å². The molecule has 0 aromatic heterocycles. The molecular formula is C13H16F3O5P. The Kier molecular flexibility index (Phi) is 6.59. The van der Waals surface area contributed by atoms with Crippen molar-refractivity contribution < 1.29 is 36.3 Å². The minimum atomic E-state index is -4.55. The van der Waals surface area contributed by atoms with Crippen LogP contribution in [0.5, 0.6) is 5.75 Å². The molecule has 0 N–H and O–H groups in total. The third-order valence-corrected chi connectivity index (χ3v) is 4.32. The van der Waals surface area contributed by atoms with E-state index in [2.05, 4.69) is 0 Å². The summed E-state index contributed by atoms with van der Waals surface area (Å²) < 4.78 is 64.4. The van der Waals surface area contributed by atoms with E-state index in [0.29, 0.717) is 6.07 Å². The van der Waals surface area contributed by atoms with Gasteiger partial charge in [0.1, 0.15) is 11.9 Å². The lowest BCUT2D eigenvalue weighted by atomic mass is 10.2. The van der Waals surface area contributed by atoms with Crippen LogP contribution in [0.25, 0.3) is 0 Å². The molecule has 0 aliphatic heterocycles. The molecule has 9 heteroatoms. The summed E-state index contributed by atoms with van der Waals surface area (Å²) in [6, 6.07) is 3.84. The Labute approximate surface area is 125 Å². The fraction of sp³-hybridized carbons (Fsp3) is 0.462. The number of halogens is 3. The van der Waals surface area contributed by atoms with Crippen LogP contribution >= 0.6 is 7.60 Å². The maximum atomic E-state index is 12.6. The first-order chi connectivity index (χ1) is 10.2. The first kappa shape index (κ1) is 18.7. The molecule has 1 rings (SSSR count). The standard InChI is InChI=1S/C13H16F3O5P/c1-3-19-22(18,20-4-2)9-12(17)21-11-7-5-6-10(8-11)13(14,15)16/h5-8H,3-4,9H2,1-2H3. The van der Waals surface area contributed by atoms with Crippen LogP contribution in [0.1, 0.15) is 19.4 Å². The molecule has 0 spiro atoms. The zero-order valence-electron chi connectivity index (χ0n) is 12.1. The summed E-state index contributed by atoms with van der Waals surface area (Å²) in [5.41, 5.74) is -0.949. The largest absolute Gasteiger partial charge is 0.426 e. The number of carbonyl (C=O) groups is 1. The predicted octanol–water partition coefficient (Wildman–Crippen LogP) is 3.88. The van der Waals surface area contributed by atoms with E-state index in [0.717, 1.165) is 12.1 Å². The highest BCUT2D eigenvalue weighted by atomic mass is 31.2. The normalized spacial score (nSPS) is 12.2. The zero-order chi connectivity index (χ0) is 16.8. The van der Waals surface area contributed by atoms with E-state index >= 15 is 0 Å². The van der Waals surface area contributed by atoms with E-state index < -0.39 is 31.5 Å². The van der Waals surface area contributed by atoms with Crippen LogP contribution < -0.4 is 4.74 Å². The maximum Gasteiger partial charge on any atom is 0.416 e. The Morgan fingerprint density at radius 2 is 1.77 bits per heavy atom. The second-order valence-corrected chi connectivity index (χ2v) is 6.16. The van der Waals surface area contributed by atoms with Crippen molar-refractivity contribution in [3.63, 3.8) is 0 Å². The molecule has 22 heavy (non-hydrogen) atoms. The van der Waals surface area contributed by atoms with E-state index in [-0.39, 0.29) is 19.0 Å². The van der Waals surface area contributed by atoms with E-state index in [1.54, 1.807) is 13.8 Å². The van der Waals surface area contributed by atoms with Gasteiger partial charge in [-0.3, -0.25) is 9.36 Å². The van der Waals surface area contributed by atoms with Crippen molar-refractivity contribution in [2.75, 3.05) is 19.4 Å². The summed E-state index contributed by atoms with van der Waals surface area (Å²) in [6.07, 6.45) is -5.22. The Hall–Kier alpha value is -1.37. The van der Waals surface area contributed by atoms with Crippen molar-refractivity contribution in [1.29, 1.82) is 0 Å². The van der Waals surface area contributed by atoms with E-state index in [1.807, 2.05) is 0 Å². The molecule has 124 valence electrons. The molecule has 0 atom stereocenters. The van der Waals surface area contributed by atoms with E-state index in [4.69, 9.17) is 13.8 Å². The Morgan fingerprint density at radius 1 is 1.18 bits per heavy atom. The van der Waals surface area contributed by atoms with Crippen LogP contribution in [0.15, 0.2) is 24.3 Å². The SMILES string of the molecule is CCOP(=O)(CC(=O)Oc1cccc(C(F)(F)F)c1)OCC. The smallest absolute Gasteiger partial charge is 0.416 e. The molecular weight excluding hydrogens is 324 g/mol. The number of hydrogen-bond donors (Lipinski definition) is 0. The Morgan fingerprint density at radius 3 is 2.27 bits per heavy atom. The highest BCUT2D eigenvalue weighted by Gasteiger charge is 2.32. The first-order valence-electron chi connectivity index (χ1n) is 6.46. The lowest BCUT2D eigenvalue weighted by Gasteiger charge is -2.16. The van der Waals surface area contributed by atoms with Crippen LogP contribution in [0, 0.1) is 0 Å². The zero-order valence-corrected chi connectivity index (χ0v) is 12.9. The van der Waals surface area contributed by atoms with Gasteiger partial charge in [0.15, 0.2) is 0 Å². The topological polar surface area (TPSA) is 61.8 Å². The van der Waals surface area contributed by atoms with Gasteiger partial charge in [-0.15, -0.1) is 0 Å². The highest BCUT2D eigenvalue weighted by Crippen LogP contribution is 2.47. The van der Waals surface area contributed by atoms with Crippen molar-refractivity contribution in [3.8, 4) is 5.75 Å². The summed E-state index contributed by atoms with van der Waals surface area (Å²) in [5, 5.41) is 0. The number of rotatable bonds is 7. The molecule has 1 aromatic rings. The summed E-state index contributed by atoms with van der Waals surface area (Å²) in [6.45, 7) is 3.27. The van der Waals surface area contributed by atoms with Gasteiger partial charge in [-0.25, -0.2) is 0 Å². The first-order valence-corrected chi connectivity index (χ1v) is 8.19. The van der Waals surface area contributed by atoms with Gasteiger partial charge in [0.25, 0.3) is 0 Å². The molecule has 0 saturated heterocycles. The van der Waals surface area contributed by atoms with Crippen molar-refractivity contribution in [1.82, 2.24) is 0 Å². The van der Waals surface area contributed by atoms with Gasteiger partial charge in [0.2, 0.25) is 0 Å². The van der Waals surface area contributed by atoms with Crippen LogP contribution in [-0.2, 0) is 24.6 Å². The molecule has 0 radical (unpaired) electrons. The number of hydrogen-bond acceptors (Lipinski definition) is 5. The Bertz CT molecular complexity index is 549. The van der Waals surface area contributed by atoms with Crippen LogP contribution in [0.2, 0.25) is 0 Å². The van der Waals surface area contributed by atoms with Crippen molar-refractivity contribution >= 4 is 13.6 Å². The third kappa shape index (κ3) is 5.79. The van der Waals surface area contributed by atoms with Crippen LogP contribution in [0.4, 0.5) is 13.2 Å². The molecule has 0 amide bonds. The second kappa shape index (κ2) is 7.76. The summed E-state index contributed by atoms with van der Waals surface area (Å²) in [4.78, 5) is 11.7. The summed E-state index contributed by atoms with van der Waals surface area (Å²) in [5.74, 6) is -1.29. The van der Waals surface area contributed by atoms with Crippen molar-refractivity contribution in [2.45, 2.75) is 20.0 Å². The maximum absolute atomic E-state index is 12.6. The molecule has 0 bridgehead atoms. The average molecular weight is 340 g/mol. The van der Waals surface area contributed by atoms with E-state index in [9.17, 15) is 22.5 Å². The fourth-order valence-corrected chi connectivity index (χ4v) is 3.00. The minimum absolute atomic E-state index is 0.0636. The fourth-order valence-electron chi connectivity index (χ4n) is 1.58. The molecule has 0 aliphatic carbocycles. The van der Waals surface area contributed by atoms with Gasteiger partial charge in [-0.1, -0.05) is 6.07 Å². The number of benzene rings is 1. The number of esters is 1. The summed E-state index contributed by atoms with van der Waals surface area (Å²) >= 11 is 0. The quantitative estimate of drug-likeness (QED) is 0.428. The van der Waals surface area contributed by atoms with Gasteiger partial charge in [0.05, 0.1) is 18.8 Å². The molecule has 0 aliphatic rings. The molecule has 0 fully saturated rings. The average Bonchev–Trinajstić information content (AvgIpc) is 2.37. The predicted molar refractivity (Wildman–Crippen MR) is 72.8 cm³/mol. The molecule has 0 unspecified atom stereocenters. The molecule has 5 nitrogen and oxygen atoms in total. The van der Waals surface area contributed by atoms with E-state index in [1.165, 1.54) is 6.07 Å². The second-order valence-electron chi connectivity index (χ2n) is 4.10. The monoisotopic (exact) mass is 340 g/mol. The lowest BCUT2D eigenvalue weighted by Crippen LogP contribution is -2.16. The lowest BCUT2D eigenvalue weighted by molar-refractivity contribution is -0.138. The van der Waals surface area contributed by atoms with Crippen molar-refractivity contribution in [3.05, 3.63) is 29.8 Å². The summed E-state index contributed by atoms with van der Waals surface area (Å²) in [7, 11) is -3.65. The number of ether oxygens (including phenoxy) is 1. The number of carbonyl (C=O) groups excluding carboxylic acids is 1. The van der Waals surface area contributed by atoms with Gasteiger partial charge >= 0.3 is 19.7 Å². The number of alkyl halides is 3. The van der Waals surface area contributed by atoms with Gasteiger partial charge in [0, 0.05) is 0 Å². The van der Waals surface area contributed by atoms with Crippen molar-refractivity contribution in [2.24, 2.45) is 0 Å². The molecule has 0 heterocycles. The molecule has 0 saturated carbocycles. The van der Waals surface area contributed by atoms with Crippen LogP contribution in [-0.4, -0.2) is 25.3 Å². The molecule has 1 aromatic carbocycles. The Balaban J connectivity index is 2.78. The van der Waals surface area contributed by atoms with Gasteiger partial charge in [-0.2, -0.15) is 13.2 Å². The van der Waals surface area contributed by atoms with Gasteiger partial charge < -0.3 is 13.8 Å².